The zero-order chi connectivity index (χ0) is 28.2. The fraction of sp³-hybridized carbons (Fsp3) is 0.280. The van der Waals surface area contributed by atoms with Gasteiger partial charge in [-0.25, -0.2) is 4.39 Å². The van der Waals surface area contributed by atoms with Crippen molar-refractivity contribution in [1.29, 1.82) is 0 Å². The van der Waals surface area contributed by atoms with Crippen LogP contribution in [0.1, 0.15) is 28.0 Å². The van der Waals surface area contributed by atoms with Crippen LogP contribution in [0.4, 0.5) is 34.6 Å². The maximum Gasteiger partial charge on any atom is 0.418 e. The van der Waals surface area contributed by atoms with Gasteiger partial charge in [-0.05, 0) is 52.9 Å². The predicted molar refractivity (Wildman–Crippen MR) is 143 cm³/mol. The number of aromatic nitrogens is 2. The number of anilines is 3. The Morgan fingerprint density at radius 3 is 2.59 bits per heavy atom. The summed E-state index contributed by atoms with van der Waals surface area (Å²) in [4.78, 5) is 34.3. The minimum absolute atomic E-state index is 0.00382. The summed E-state index contributed by atoms with van der Waals surface area (Å²) in [6.45, 7) is 0.258. The molecule has 0 bridgehead atoms. The van der Waals surface area contributed by atoms with Crippen molar-refractivity contribution < 1.29 is 31.9 Å². The van der Waals surface area contributed by atoms with E-state index in [4.69, 9.17) is 4.74 Å². The van der Waals surface area contributed by atoms with E-state index in [0.29, 0.717) is 21.0 Å². The van der Waals surface area contributed by atoms with E-state index in [2.05, 4.69) is 31.2 Å². The highest BCUT2D eigenvalue weighted by atomic mass is 127. The summed E-state index contributed by atoms with van der Waals surface area (Å²) in [6.07, 6.45) is -0.233. The van der Waals surface area contributed by atoms with Crippen LogP contribution in [-0.4, -0.2) is 47.6 Å². The van der Waals surface area contributed by atoms with E-state index in [0.717, 1.165) is 12.1 Å². The summed E-state index contributed by atoms with van der Waals surface area (Å²) in [6, 6.07) is 5.50. The zero-order valence-electron chi connectivity index (χ0n) is 20.5. The average molecular weight is 658 g/mol. The molecule has 14 heteroatoms. The number of benzene rings is 1. The molecule has 4 rings (SSSR count). The van der Waals surface area contributed by atoms with Crippen molar-refractivity contribution in [2.75, 3.05) is 30.9 Å². The van der Waals surface area contributed by atoms with E-state index in [1.54, 1.807) is 25.4 Å². The van der Waals surface area contributed by atoms with Gasteiger partial charge in [-0.15, -0.1) is 0 Å². The van der Waals surface area contributed by atoms with Crippen LogP contribution in [-0.2, 0) is 22.3 Å². The van der Waals surface area contributed by atoms with Gasteiger partial charge in [0.25, 0.3) is 5.91 Å². The van der Waals surface area contributed by atoms with Crippen molar-refractivity contribution in [3.8, 4) is 0 Å². The molecule has 0 aliphatic carbocycles. The minimum atomic E-state index is -4.75. The lowest BCUT2D eigenvalue weighted by Crippen LogP contribution is -2.59. The minimum Gasteiger partial charge on any atom is -0.387 e. The molecule has 9 nitrogen and oxygen atoms in total. The van der Waals surface area contributed by atoms with Crippen molar-refractivity contribution in [2.24, 2.45) is 0 Å². The number of rotatable bonds is 8. The average Bonchev–Trinajstić information content (AvgIpc) is 3.38. The Hall–Kier alpha value is -3.53. The predicted octanol–water partition coefficient (Wildman–Crippen LogP) is 4.23. The molecule has 1 aliphatic heterocycles. The van der Waals surface area contributed by atoms with Crippen LogP contribution >= 0.6 is 22.6 Å². The van der Waals surface area contributed by atoms with Gasteiger partial charge < -0.3 is 26.0 Å². The molecule has 1 aliphatic rings. The molecule has 0 radical (unpaired) electrons. The van der Waals surface area contributed by atoms with Crippen LogP contribution in [0.25, 0.3) is 0 Å². The number of alkyl halides is 3. The number of hydrogen-bond acceptors (Lipinski definition) is 7. The quantitative estimate of drug-likeness (QED) is 0.212. The van der Waals surface area contributed by atoms with Crippen LogP contribution in [0.3, 0.4) is 0 Å². The van der Waals surface area contributed by atoms with E-state index >= 15 is 0 Å². The van der Waals surface area contributed by atoms with E-state index in [-0.39, 0.29) is 43.1 Å². The van der Waals surface area contributed by atoms with Crippen molar-refractivity contribution in [3.05, 3.63) is 75.1 Å². The summed E-state index contributed by atoms with van der Waals surface area (Å²) in [5, 5.41) is 11.1. The van der Waals surface area contributed by atoms with E-state index in [1.165, 1.54) is 12.4 Å². The molecule has 39 heavy (non-hydrogen) atoms. The van der Waals surface area contributed by atoms with Gasteiger partial charge in [0.15, 0.2) is 0 Å². The van der Waals surface area contributed by atoms with E-state index in [9.17, 15) is 27.2 Å². The molecular formula is C25H23F4IN6O3. The number of pyridine rings is 2. The maximum absolute atomic E-state index is 13.4. The molecule has 1 saturated heterocycles. The SMILES string of the molecule is CNc1cncc(C(=O)N[C@@]2(C(=O)NCc3ncc(Nc4ccc(F)cc4C(F)(F)F)cc3I)CCOC2)c1. The van der Waals surface area contributed by atoms with E-state index in [1.807, 2.05) is 22.6 Å². The molecule has 1 fully saturated rings. The topological polar surface area (TPSA) is 117 Å². The summed E-state index contributed by atoms with van der Waals surface area (Å²) in [5.41, 5.74) is -1.15. The smallest absolute Gasteiger partial charge is 0.387 e. The molecule has 1 atom stereocenters. The van der Waals surface area contributed by atoms with Gasteiger partial charge in [-0.3, -0.25) is 19.6 Å². The maximum atomic E-state index is 13.4. The van der Waals surface area contributed by atoms with E-state index < -0.39 is 34.9 Å². The number of carbonyl (C=O) groups excluding carboxylic acids is 2. The Morgan fingerprint density at radius 2 is 1.92 bits per heavy atom. The first kappa shape index (κ1) is 28.5. The highest BCUT2D eigenvalue weighted by molar-refractivity contribution is 14.1. The first-order chi connectivity index (χ1) is 18.5. The van der Waals surface area contributed by atoms with Gasteiger partial charge >= 0.3 is 6.18 Å². The van der Waals surface area contributed by atoms with Gasteiger partial charge in [0, 0.05) is 36.0 Å². The number of nitrogens with zero attached hydrogens (tertiary/aromatic N) is 2. The van der Waals surface area contributed by atoms with Crippen molar-refractivity contribution in [1.82, 2.24) is 20.6 Å². The van der Waals surface area contributed by atoms with Gasteiger partial charge in [-0.1, -0.05) is 0 Å². The largest absolute Gasteiger partial charge is 0.418 e. The normalized spacial score (nSPS) is 17.0. The van der Waals surface area contributed by atoms with Crippen LogP contribution in [0.15, 0.2) is 48.9 Å². The lowest BCUT2D eigenvalue weighted by atomic mass is 9.96. The molecular weight excluding hydrogens is 635 g/mol. The van der Waals surface area contributed by atoms with Crippen LogP contribution in [0, 0.1) is 9.39 Å². The second-order valence-corrected chi connectivity index (χ2v) is 9.86. The molecule has 206 valence electrons. The number of ether oxygens (including phenoxy) is 1. The number of halogens is 5. The summed E-state index contributed by atoms with van der Waals surface area (Å²) >= 11 is 1.95. The number of hydrogen-bond donors (Lipinski definition) is 4. The van der Waals surface area contributed by atoms with Gasteiger partial charge in [0.05, 0.1) is 53.2 Å². The van der Waals surface area contributed by atoms with Gasteiger partial charge in [-0.2, -0.15) is 13.2 Å². The lowest BCUT2D eigenvalue weighted by Gasteiger charge is -2.27. The molecule has 2 amide bonds. The fourth-order valence-corrected chi connectivity index (χ4v) is 4.57. The Morgan fingerprint density at radius 1 is 1.13 bits per heavy atom. The van der Waals surface area contributed by atoms with Crippen LogP contribution in [0.2, 0.25) is 0 Å². The van der Waals surface area contributed by atoms with Crippen LogP contribution < -0.4 is 21.3 Å². The summed E-state index contributed by atoms with van der Waals surface area (Å²) in [7, 11) is 1.69. The standard InChI is InChI=1S/C25H23F4IN6O3/c1-31-16-6-14(9-32-10-16)22(37)36-24(4-5-39-13-24)23(38)34-12-21-19(30)8-17(11-33-21)35-20-3-2-15(26)7-18(20)25(27,28)29/h2-3,6-11,31,35H,4-5,12-13H2,1H3,(H,34,38)(H,36,37)/t24-/m0/s1. The summed E-state index contributed by atoms with van der Waals surface area (Å²) in [5.74, 6) is -1.95. The van der Waals surface area contributed by atoms with Crippen molar-refractivity contribution in [3.63, 3.8) is 0 Å². The second kappa shape index (κ2) is 11.7. The Kier molecular flexibility index (Phi) is 8.54. The molecule has 4 N–H and O–H groups in total. The molecule has 1 aromatic carbocycles. The van der Waals surface area contributed by atoms with Gasteiger partial charge in [0.2, 0.25) is 5.91 Å². The second-order valence-electron chi connectivity index (χ2n) is 8.70. The number of amides is 2. The Bertz CT molecular complexity index is 1380. The first-order valence-corrected chi connectivity index (χ1v) is 12.7. The zero-order valence-corrected chi connectivity index (χ0v) is 22.6. The molecule has 3 heterocycles. The highest BCUT2D eigenvalue weighted by Crippen LogP contribution is 2.36. The Balaban J connectivity index is 1.44. The third-order valence-electron chi connectivity index (χ3n) is 6.00. The fourth-order valence-electron chi connectivity index (χ4n) is 3.90. The highest BCUT2D eigenvalue weighted by Gasteiger charge is 2.44. The molecule has 0 saturated carbocycles. The van der Waals surface area contributed by atoms with Crippen molar-refractivity contribution >= 4 is 51.5 Å². The number of carbonyl (C=O) groups is 2. The lowest BCUT2D eigenvalue weighted by molar-refractivity contribution is -0.137. The monoisotopic (exact) mass is 658 g/mol. The molecule has 2 aromatic heterocycles. The molecule has 3 aromatic rings. The third-order valence-corrected chi connectivity index (χ3v) is 6.93. The first-order valence-electron chi connectivity index (χ1n) is 11.6. The summed E-state index contributed by atoms with van der Waals surface area (Å²) < 4.78 is 59.3. The van der Waals surface area contributed by atoms with Crippen LogP contribution in [0.5, 0.6) is 0 Å². The Labute approximate surface area is 234 Å². The number of nitrogens with one attached hydrogen (secondary N) is 4. The van der Waals surface area contributed by atoms with Gasteiger partial charge in [0.1, 0.15) is 11.4 Å². The molecule has 0 spiro atoms. The van der Waals surface area contributed by atoms with Crippen molar-refractivity contribution in [2.45, 2.75) is 24.7 Å². The third kappa shape index (κ3) is 6.73. The molecule has 0 unspecified atom stereocenters.